The summed E-state index contributed by atoms with van der Waals surface area (Å²) in [6.07, 6.45) is 1.54. The number of rotatable bonds is 5. The van der Waals surface area contributed by atoms with Crippen LogP contribution < -0.4 is 0 Å². The minimum atomic E-state index is -3.76. The Balaban J connectivity index is 1.91. The number of hydrogen-bond donors (Lipinski definition) is 0. The molecule has 0 saturated heterocycles. The Labute approximate surface area is 169 Å². The molecule has 0 unspecified atom stereocenters. The molecule has 1 fully saturated rings. The molecule has 1 aromatic heterocycles. The van der Waals surface area contributed by atoms with Crippen LogP contribution in [0.2, 0.25) is 5.02 Å². The Bertz CT molecular complexity index is 966. The van der Waals surface area contributed by atoms with Crippen LogP contribution in [0.25, 0.3) is 0 Å². The fourth-order valence-corrected chi connectivity index (χ4v) is 6.95. The smallest absolute Gasteiger partial charge is 0.191 e. The second-order valence-electron chi connectivity index (χ2n) is 8.18. The number of carbonyl (C=O) groups excluding carboxylic acids is 1. The number of Topliss-reactive ketones (excluding diaryl/α,β-unsaturated/α-hetero) is 1. The molecule has 1 heterocycles. The number of nitrogens with zero attached hydrogens (tertiary/aromatic N) is 1. The number of aromatic nitrogens is 1. The van der Waals surface area contributed by atoms with E-state index in [2.05, 4.69) is 25.8 Å². The van der Waals surface area contributed by atoms with Crippen molar-refractivity contribution in [3.63, 3.8) is 0 Å². The number of aryl methyl sites for hydroxylation is 1. The van der Waals surface area contributed by atoms with Crippen LogP contribution in [-0.4, -0.2) is 23.9 Å². The maximum atomic E-state index is 13.2. The van der Waals surface area contributed by atoms with Crippen LogP contribution >= 0.6 is 22.9 Å². The molecule has 0 radical (unpaired) electrons. The van der Waals surface area contributed by atoms with E-state index in [9.17, 15) is 13.2 Å². The molecule has 4 nitrogen and oxygen atoms in total. The SMILES string of the molecule is Cc1nc(CC(=O)C2(S(=O)(=O)c3ccc(Cl)cc3)CCC2)sc1C(C)(C)C. The highest BCUT2D eigenvalue weighted by Gasteiger charge is 2.55. The van der Waals surface area contributed by atoms with Crippen molar-refractivity contribution in [3.05, 3.63) is 44.9 Å². The van der Waals surface area contributed by atoms with Crippen LogP contribution in [0.5, 0.6) is 0 Å². The van der Waals surface area contributed by atoms with Crippen molar-refractivity contribution in [2.24, 2.45) is 0 Å². The summed E-state index contributed by atoms with van der Waals surface area (Å²) in [7, 11) is -3.76. The van der Waals surface area contributed by atoms with Crippen LogP contribution in [0.3, 0.4) is 0 Å². The monoisotopic (exact) mass is 425 g/mol. The summed E-state index contributed by atoms with van der Waals surface area (Å²) >= 11 is 7.39. The van der Waals surface area contributed by atoms with Gasteiger partial charge in [-0.25, -0.2) is 13.4 Å². The van der Waals surface area contributed by atoms with Gasteiger partial charge >= 0.3 is 0 Å². The molecule has 1 aromatic carbocycles. The van der Waals surface area contributed by atoms with E-state index in [1.165, 1.54) is 23.5 Å². The van der Waals surface area contributed by atoms with Gasteiger partial charge in [-0.15, -0.1) is 11.3 Å². The first-order valence-corrected chi connectivity index (χ1v) is 11.7. The average Bonchev–Trinajstić information content (AvgIpc) is 2.86. The zero-order chi connectivity index (χ0) is 20.0. The molecule has 0 aliphatic heterocycles. The molecule has 7 heteroatoms. The van der Waals surface area contributed by atoms with Gasteiger partial charge in [0.05, 0.1) is 17.0 Å². The Hall–Kier alpha value is -1.24. The molecule has 1 saturated carbocycles. The van der Waals surface area contributed by atoms with Crippen molar-refractivity contribution in [1.29, 1.82) is 0 Å². The topological polar surface area (TPSA) is 64.1 Å². The van der Waals surface area contributed by atoms with E-state index in [-0.39, 0.29) is 22.5 Å². The molecule has 0 bridgehead atoms. The van der Waals surface area contributed by atoms with Gasteiger partial charge in [0.1, 0.15) is 9.75 Å². The molecule has 0 amide bonds. The Kier molecular flexibility index (Phi) is 5.30. The molecule has 0 atom stereocenters. The summed E-state index contributed by atoms with van der Waals surface area (Å²) in [4.78, 5) is 19.0. The lowest BCUT2D eigenvalue weighted by atomic mass is 9.80. The van der Waals surface area contributed by atoms with Crippen molar-refractivity contribution < 1.29 is 13.2 Å². The van der Waals surface area contributed by atoms with E-state index in [0.29, 0.717) is 22.9 Å². The fraction of sp³-hybridized carbons (Fsp3) is 0.500. The highest BCUT2D eigenvalue weighted by atomic mass is 35.5. The van der Waals surface area contributed by atoms with Gasteiger partial charge in [0.25, 0.3) is 0 Å². The van der Waals surface area contributed by atoms with E-state index in [4.69, 9.17) is 11.6 Å². The summed E-state index contributed by atoms with van der Waals surface area (Å²) in [5.41, 5.74) is 0.866. The molecule has 0 N–H and O–H groups in total. The van der Waals surface area contributed by atoms with Gasteiger partial charge in [-0.1, -0.05) is 32.4 Å². The lowest BCUT2D eigenvalue weighted by molar-refractivity contribution is -0.122. The quantitative estimate of drug-likeness (QED) is 0.682. The molecular formula is C20H24ClNO3S2. The second-order valence-corrected chi connectivity index (χ2v) is 12.0. The largest absolute Gasteiger partial charge is 0.297 e. The summed E-state index contributed by atoms with van der Waals surface area (Å²) in [5.74, 6) is -0.252. The highest BCUT2D eigenvalue weighted by Crippen LogP contribution is 2.44. The molecule has 1 aliphatic carbocycles. The van der Waals surface area contributed by atoms with Crippen LogP contribution in [0.4, 0.5) is 0 Å². The fourth-order valence-electron chi connectivity index (χ4n) is 3.56. The molecular weight excluding hydrogens is 402 g/mol. The van der Waals surface area contributed by atoms with Crippen LogP contribution in [0.15, 0.2) is 29.2 Å². The number of hydrogen-bond acceptors (Lipinski definition) is 5. The van der Waals surface area contributed by atoms with Crippen molar-refractivity contribution in [1.82, 2.24) is 4.98 Å². The Morgan fingerprint density at radius 2 is 1.81 bits per heavy atom. The third-order valence-corrected chi connectivity index (χ3v) is 9.53. The molecule has 3 rings (SSSR count). The molecule has 0 spiro atoms. The predicted molar refractivity (Wildman–Crippen MR) is 109 cm³/mol. The second kappa shape index (κ2) is 6.98. The van der Waals surface area contributed by atoms with Gasteiger partial charge < -0.3 is 0 Å². The van der Waals surface area contributed by atoms with Crippen LogP contribution in [0.1, 0.15) is 55.6 Å². The van der Waals surface area contributed by atoms with Gasteiger partial charge in [0.15, 0.2) is 15.6 Å². The number of ketones is 1. The van der Waals surface area contributed by atoms with Crippen molar-refractivity contribution >= 4 is 38.6 Å². The standard InChI is InChI=1S/C20H24ClNO3S2/c1-13-18(19(2,3)4)26-17(22-13)12-16(23)20(10-5-11-20)27(24,25)15-8-6-14(21)7-9-15/h6-9H,5,10-12H2,1-4H3. The maximum Gasteiger partial charge on any atom is 0.191 e. The van der Waals surface area contributed by atoms with Gasteiger partial charge in [-0.2, -0.15) is 0 Å². The first-order chi connectivity index (χ1) is 12.5. The highest BCUT2D eigenvalue weighted by molar-refractivity contribution is 7.93. The van der Waals surface area contributed by atoms with Crippen molar-refractivity contribution in [2.45, 2.75) is 68.4 Å². The van der Waals surface area contributed by atoms with Gasteiger partial charge in [-0.05, 0) is 55.9 Å². The number of carbonyl (C=O) groups is 1. The van der Waals surface area contributed by atoms with Gasteiger partial charge in [0.2, 0.25) is 0 Å². The summed E-state index contributed by atoms with van der Waals surface area (Å²) in [5, 5.41) is 1.16. The molecule has 2 aromatic rings. The van der Waals surface area contributed by atoms with Crippen molar-refractivity contribution in [3.8, 4) is 0 Å². The third kappa shape index (κ3) is 3.59. The number of sulfone groups is 1. The summed E-state index contributed by atoms with van der Waals surface area (Å²) in [6.45, 7) is 8.27. The van der Waals surface area contributed by atoms with E-state index in [1.54, 1.807) is 12.1 Å². The Morgan fingerprint density at radius 1 is 1.22 bits per heavy atom. The van der Waals surface area contributed by atoms with Crippen LogP contribution in [-0.2, 0) is 26.5 Å². The minimum Gasteiger partial charge on any atom is -0.297 e. The lowest BCUT2D eigenvalue weighted by Gasteiger charge is -2.39. The third-order valence-electron chi connectivity index (χ3n) is 5.14. The molecule has 146 valence electrons. The Morgan fingerprint density at radius 3 is 2.26 bits per heavy atom. The number of thiazole rings is 1. The van der Waals surface area contributed by atoms with Crippen LogP contribution in [0, 0.1) is 6.92 Å². The van der Waals surface area contributed by atoms with E-state index >= 15 is 0 Å². The lowest BCUT2D eigenvalue weighted by Crippen LogP contribution is -2.52. The molecule has 1 aliphatic rings. The number of benzene rings is 1. The minimum absolute atomic E-state index is 0.0490. The number of halogens is 1. The van der Waals surface area contributed by atoms with E-state index in [1.807, 2.05) is 6.92 Å². The summed E-state index contributed by atoms with van der Waals surface area (Å²) in [6, 6.07) is 6.06. The van der Waals surface area contributed by atoms with Crippen molar-refractivity contribution in [2.75, 3.05) is 0 Å². The van der Waals surface area contributed by atoms with Gasteiger partial charge in [-0.3, -0.25) is 4.79 Å². The summed E-state index contributed by atoms with van der Waals surface area (Å²) < 4.78 is 25.1. The zero-order valence-corrected chi connectivity index (χ0v) is 18.4. The first kappa shape index (κ1) is 20.5. The van der Waals surface area contributed by atoms with Gasteiger partial charge in [0, 0.05) is 9.90 Å². The first-order valence-electron chi connectivity index (χ1n) is 8.98. The molecule has 27 heavy (non-hydrogen) atoms. The maximum absolute atomic E-state index is 13.2. The predicted octanol–water partition coefficient (Wildman–Crippen LogP) is 4.91. The normalized spacial score (nSPS) is 16.8. The average molecular weight is 426 g/mol. The zero-order valence-electron chi connectivity index (χ0n) is 16.0. The van der Waals surface area contributed by atoms with E-state index in [0.717, 1.165) is 17.0 Å². The van der Waals surface area contributed by atoms with E-state index < -0.39 is 14.6 Å².